The van der Waals surface area contributed by atoms with Crippen molar-refractivity contribution in [3.63, 3.8) is 0 Å². The van der Waals surface area contributed by atoms with E-state index in [2.05, 4.69) is 6.92 Å². The number of epoxide rings is 2. The van der Waals surface area contributed by atoms with E-state index in [9.17, 15) is 4.79 Å². The number of ketones is 1. The van der Waals surface area contributed by atoms with Crippen molar-refractivity contribution in [3.05, 3.63) is 0 Å². The molecule has 0 amide bonds. The first kappa shape index (κ1) is 12.1. The minimum atomic E-state index is -0.0186. The molecule has 0 spiro atoms. The molecule has 4 aliphatic carbocycles. The summed E-state index contributed by atoms with van der Waals surface area (Å²) in [6, 6.07) is 0. The van der Waals surface area contributed by atoms with E-state index in [4.69, 9.17) is 9.47 Å². The Labute approximate surface area is 125 Å². The second kappa shape index (κ2) is 3.26. The number of ether oxygens (including phenoxy) is 2. The van der Waals surface area contributed by atoms with Gasteiger partial charge in [-0.15, -0.1) is 0 Å². The molecule has 2 aliphatic heterocycles. The number of carbonyl (C=O) groups excluding carboxylic acids is 1. The summed E-state index contributed by atoms with van der Waals surface area (Å²) < 4.78 is 12.3. The van der Waals surface area contributed by atoms with E-state index >= 15 is 0 Å². The van der Waals surface area contributed by atoms with Crippen molar-refractivity contribution >= 4 is 5.78 Å². The van der Waals surface area contributed by atoms with Gasteiger partial charge < -0.3 is 9.47 Å². The summed E-state index contributed by atoms with van der Waals surface area (Å²) in [5.74, 6) is 2.87. The first-order valence-corrected chi connectivity index (χ1v) is 8.95. The number of hydrogen-bond donors (Lipinski definition) is 0. The van der Waals surface area contributed by atoms with Gasteiger partial charge in [-0.1, -0.05) is 6.92 Å². The Morgan fingerprint density at radius 1 is 1.14 bits per heavy atom. The molecular weight excluding hydrogens is 264 g/mol. The molecular formula is C18H24O3. The molecule has 0 aromatic carbocycles. The van der Waals surface area contributed by atoms with Gasteiger partial charge in [0.2, 0.25) is 0 Å². The van der Waals surface area contributed by atoms with Crippen molar-refractivity contribution in [2.75, 3.05) is 0 Å². The zero-order valence-corrected chi connectivity index (χ0v) is 12.8. The predicted octanol–water partition coefficient (Wildman–Crippen LogP) is 2.86. The highest BCUT2D eigenvalue weighted by Crippen LogP contribution is 2.74. The van der Waals surface area contributed by atoms with E-state index in [1.165, 1.54) is 25.7 Å². The lowest BCUT2D eigenvalue weighted by molar-refractivity contribution is -0.123. The summed E-state index contributed by atoms with van der Waals surface area (Å²) in [7, 11) is 0. The summed E-state index contributed by atoms with van der Waals surface area (Å²) in [6.45, 7) is 2.49. The molecule has 3 nitrogen and oxygen atoms in total. The van der Waals surface area contributed by atoms with Crippen LogP contribution in [0.25, 0.3) is 0 Å². The maximum absolute atomic E-state index is 11.9. The zero-order chi connectivity index (χ0) is 14.0. The number of Topliss-reactive ketones (excluding diaryl/α,β-unsaturated/α-hetero) is 1. The smallest absolute Gasteiger partial charge is 0.136 e. The lowest BCUT2D eigenvalue weighted by Crippen LogP contribution is -2.53. The second-order valence-corrected chi connectivity index (χ2v) is 8.99. The van der Waals surface area contributed by atoms with Crippen LogP contribution in [0.4, 0.5) is 0 Å². The molecule has 2 heterocycles. The van der Waals surface area contributed by atoms with Gasteiger partial charge in [-0.25, -0.2) is 0 Å². The summed E-state index contributed by atoms with van der Waals surface area (Å²) in [4.78, 5) is 11.9. The fourth-order valence-electron chi connectivity index (χ4n) is 7.44. The molecule has 114 valence electrons. The normalized spacial score (nSPS) is 66.5. The van der Waals surface area contributed by atoms with E-state index in [-0.39, 0.29) is 11.2 Å². The van der Waals surface area contributed by atoms with Gasteiger partial charge in [0.1, 0.15) is 17.0 Å². The predicted molar refractivity (Wildman–Crippen MR) is 75.7 cm³/mol. The zero-order valence-electron chi connectivity index (χ0n) is 12.8. The molecule has 6 fully saturated rings. The standard InChI is InChI=1S/C18H24O3/c1-16-5-4-12-11(13(16)8-14-15(16)20-14)3-6-17-9-10(19)2-7-18(12,17)21-17/h11-15H,2-9H2,1H3/t11?,12?,13?,14?,15?,16?,17-,18-/m0/s1. The minimum Gasteiger partial charge on any atom is -0.369 e. The third kappa shape index (κ3) is 1.18. The summed E-state index contributed by atoms with van der Waals surface area (Å²) in [6.07, 6.45) is 9.99. The van der Waals surface area contributed by atoms with Crippen LogP contribution in [0, 0.1) is 23.2 Å². The van der Waals surface area contributed by atoms with E-state index in [1.807, 2.05) is 0 Å². The van der Waals surface area contributed by atoms with Crippen LogP contribution in [0.3, 0.4) is 0 Å². The number of fused-ring (bicyclic) bond motifs is 5. The molecule has 0 bridgehead atoms. The van der Waals surface area contributed by atoms with Gasteiger partial charge in [0, 0.05) is 12.8 Å². The molecule has 4 saturated carbocycles. The van der Waals surface area contributed by atoms with Crippen LogP contribution in [-0.4, -0.2) is 29.2 Å². The van der Waals surface area contributed by atoms with Gasteiger partial charge >= 0.3 is 0 Å². The Balaban J connectivity index is 1.37. The van der Waals surface area contributed by atoms with Crippen LogP contribution in [0.1, 0.15) is 58.3 Å². The van der Waals surface area contributed by atoms with Crippen LogP contribution >= 0.6 is 0 Å². The summed E-state index contributed by atoms with van der Waals surface area (Å²) in [5.41, 5.74) is 0.538. The van der Waals surface area contributed by atoms with Crippen LogP contribution in [0.15, 0.2) is 0 Å². The van der Waals surface area contributed by atoms with Crippen LogP contribution in [0.2, 0.25) is 0 Å². The lowest BCUT2D eigenvalue weighted by atomic mass is 9.50. The van der Waals surface area contributed by atoms with Crippen molar-refractivity contribution in [3.8, 4) is 0 Å². The summed E-state index contributed by atoms with van der Waals surface area (Å²) >= 11 is 0. The molecule has 2 saturated heterocycles. The molecule has 0 aromatic heterocycles. The van der Waals surface area contributed by atoms with Gasteiger partial charge in [-0.3, -0.25) is 4.79 Å². The molecule has 6 unspecified atom stereocenters. The fourth-order valence-corrected chi connectivity index (χ4v) is 7.44. The second-order valence-electron chi connectivity index (χ2n) is 8.99. The Morgan fingerprint density at radius 2 is 2.05 bits per heavy atom. The third-order valence-electron chi connectivity index (χ3n) is 8.44. The van der Waals surface area contributed by atoms with E-state index < -0.39 is 0 Å². The van der Waals surface area contributed by atoms with Crippen molar-refractivity contribution in [2.45, 2.75) is 81.7 Å². The maximum Gasteiger partial charge on any atom is 0.136 e. The first-order valence-electron chi connectivity index (χ1n) is 8.95. The third-order valence-corrected chi connectivity index (χ3v) is 8.44. The monoisotopic (exact) mass is 288 g/mol. The molecule has 6 rings (SSSR count). The van der Waals surface area contributed by atoms with Crippen molar-refractivity contribution < 1.29 is 14.3 Å². The number of hydrogen-bond acceptors (Lipinski definition) is 3. The van der Waals surface area contributed by atoms with Crippen LogP contribution in [-0.2, 0) is 14.3 Å². The van der Waals surface area contributed by atoms with Gasteiger partial charge in [-0.05, 0) is 61.7 Å². The lowest BCUT2D eigenvalue weighted by Gasteiger charge is -2.52. The van der Waals surface area contributed by atoms with E-state index in [0.717, 1.165) is 37.0 Å². The molecule has 21 heavy (non-hydrogen) atoms. The van der Waals surface area contributed by atoms with Gasteiger partial charge in [0.15, 0.2) is 0 Å². The maximum atomic E-state index is 11.9. The Morgan fingerprint density at radius 3 is 2.95 bits per heavy atom. The fraction of sp³-hybridized carbons (Fsp3) is 0.944. The minimum absolute atomic E-state index is 0.0186. The Kier molecular flexibility index (Phi) is 1.87. The molecule has 0 radical (unpaired) electrons. The quantitative estimate of drug-likeness (QED) is 0.644. The van der Waals surface area contributed by atoms with Gasteiger partial charge in [0.05, 0.1) is 12.2 Å². The molecule has 8 atom stereocenters. The molecule has 3 heteroatoms. The number of rotatable bonds is 0. The largest absolute Gasteiger partial charge is 0.369 e. The van der Waals surface area contributed by atoms with Crippen molar-refractivity contribution in [1.29, 1.82) is 0 Å². The molecule has 0 aromatic rings. The highest BCUT2D eigenvalue weighted by atomic mass is 16.6. The molecule has 6 aliphatic rings. The first-order chi connectivity index (χ1) is 10.1. The topological polar surface area (TPSA) is 42.1 Å². The highest BCUT2D eigenvalue weighted by Gasteiger charge is 2.79. The van der Waals surface area contributed by atoms with Crippen molar-refractivity contribution in [1.82, 2.24) is 0 Å². The Hall–Kier alpha value is -0.410. The molecule has 0 N–H and O–H groups in total. The van der Waals surface area contributed by atoms with E-state index in [1.54, 1.807) is 0 Å². The average Bonchev–Trinajstić information content (AvgIpc) is 3.32. The summed E-state index contributed by atoms with van der Waals surface area (Å²) in [5, 5.41) is 0. The van der Waals surface area contributed by atoms with Crippen LogP contribution in [0.5, 0.6) is 0 Å². The average molecular weight is 288 g/mol. The van der Waals surface area contributed by atoms with Gasteiger partial charge in [-0.2, -0.15) is 0 Å². The Bertz CT molecular complexity index is 559. The van der Waals surface area contributed by atoms with Gasteiger partial charge in [0.25, 0.3) is 0 Å². The van der Waals surface area contributed by atoms with Crippen LogP contribution < -0.4 is 0 Å². The highest BCUT2D eigenvalue weighted by molar-refractivity contribution is 5.82. The van der Waals surface area contributed by atoms with E-state index in [0.29, 0.717) is 29.8 Å². The van der Waals surface area contributed by atoms with Crippen molar-refractivity contribution in [2.24, 2.45) is 23.2 Å². The number of carbonyl (C=O) groups is 1. The SMILES string of the molecule is CC12CCC3C(CC[C@]45CC(=O)CC[C@]34O5)C1CC1OC12.